The van der Waals surface area contributed by atoms with Crippen LogP contribution in [0.3, 0.4) is 0 Å². The van der Waals surface area contributed by atoms with Crippen molar-refractivity contribution in [3.05, 3.63) is 22.4 Å². The predicted molar refractivity (Wildman–Crippen MR) is 78.2 cm³/mol. The number of hydrogen-bond acceptors (Lipinski definition) is 3. The van der Waals surface area contributed by atoms with Crippen molar-refractivity contribution in [2.24, 2.45) is 5.92 Å². The molecule has 18 heavy (non-hydrogen) atoms. The van der Waals surface area contributed by atoms with E-state index in [1.54, 1.807) is 0 Å². The topological polar surface area (TPSA) is 15.3 Å². The van der Waals surface area contributed by atoms with Crippen LogP contribution in [0.25, 0.3) is 0 Å². The second kappa shape index (κ2) is 6.18. The van der Waals surface area contributed by atoms with Crippen LogP contribution in [-0.2, 0) is 6.42 Å². The van der Waals surface area contributed by atoms with Crippen molar-refractivity contribution in [2.45, 2.75) is 38.1 Å². The summed E-state index contributed by atoms with van der Waals surface area (Å²) >= 11 is 1.82. The molecule has 0 amide bonds. The molecule has 0 bridgehead atoms. The van der Waals surface area contributed by atoms with Crippen LogP contribution < -0.4 is 5.32 Å². The van der Waals surface area contributed by atoms with Gasteiger partial charge in [-0.1, -0.05) is 0 Å². The number of thiophene rings is 1. The maximum atomic E-state index is 3.68. The first-order chi connectivity index (χ1) is 8.92. The zero-order valence-corrected chi connectivity index (χ0v) is 11.9. The minimum atomic E-state index is 0.837. The van der Waals surface area contributed by atoms with E-state index in [2.05, 4.69) is 27.0 Å². The van der Waals surface area contributed by atoms with Crippen molar-refractivity contribution in [1.82, 2.24) is 10.2 Å². The Morgan fingerprint density at radius 1 is 1.28 bits per heavy atom. The fourth-order valence-electron chi connectivity index (χ4n) is 3.41. The van der Waals surface area contributed by atoms with Gasteiger partial charge in [-0.15, -0.1) is 0 Å². The summed E-state index contributed by atoms with van der Waals surface area (Å²) in [6, 6.07) is 3.10. The van der Waals surface area contributed by atoms with Crippen LogP contribution in [0.2, 0.25) is 0 Å². The van der Waals surface area contributed by atoms with Crippen molar-refractivity contribution in [1.29, 1.82) is 0 Å². The van der Waals surface area contributed by atoms with E-state index in [0.29, 0.717) is 0 Å². The van der Waals surface area contributed by atoms with E-state index >= 15 is 0 Å². The molecule has 0 saturated carbocycles. The second-order valence-electron chi connectivity index (χ2n) is 5.76. The molecule has 1 aromatic heterocycles. The minimum absolute atomic E-state index is 0.837. The van der Waals surface area contributed by atoms with Gasteiger partial charge in [0.1, 0.15) is 0 Å². The molecule has 0 aromatic carbocycles. The molecule has 2 aliphatic heterocycles. The largest absolute Gasteiger partial charge is 0.314 e. The quantitative estimate of drug-likeness (QED) is 0.899. The zero-order valence-electron chi connectivity index (χ0n) is 11.1. The fourth-order valence-corrected chi connectivity index (χ4v) is 4.12. The molecule has 1 N–H and O–H groups in total. The van der Waals surface area contributed by atoms with Crippen LogP contribution in [-0.4, -0.2) is 37.1 Å². The Labute approximate surface area is 114 Å². The SMILES string of the molecule is c1cc(CCN2CCC(C3CCCN3)CC2)cs1. The van der Waals surface area contributed by atoms with E-state index < -0.39 is 0 Å². The number of rotatable bonds is 4. The second-order valence-corrected chi connectivity index (χ2v) is 6.54. The highest BCUT2D eigenvalue weighted by Crippen LogP contribution is 2.25. The van der Waals surface area contributed by atoms with Crippen LogP contribution in [0.4, 0.5) is 0 Å². The lowest BCUT2D eigenvalue weighted by molar-refractivity contribution is 0.165. The van der Waals surface area contributed by atoms with Crippen molar-refractivity contribution in [3.63, 3.8) is 0 Å². The van der Waals surface area contributed by atoms with Gasteiger partial charge in [-0.3, -0.25) is 0 Å². The summed E-state index contributed by atoms with van der Waals surface area (Å²) < 4.78 is 0. The Hall–Kier alpha value is -0.380. The smallest absolute Gasteiger partial charge is 0.00967 e. The van der Waals surface area contributed by atoms with Gasteiger partial charge in [0.25, 0.3) is 0 Å². The molecule has 2 aliphatic rings. The van der Waals surface area contributed by atoms with Gasteiger partial charge in [-0.2, -0.15) is 11.3 Å². The first-order valence-corrected chi connectivity index (χ1v) is 8.33. The van der Waals surface area contributed by atoms with Crippen LogP contribution in [0.5, 0.6) is 0 Å². The van der Waals surface area contributed by atoms with Crippen LogP contribution in [0.15, 0.2) is 16.8 Å². The molecule has 3 rings (SSSR count). The summed E-state index contributed by atoms with van der Waals surface area (Å²) in [5.74, 6) is 0.949. The summed E-state index contributed by atoms with van der Waals surface area (Å²) in [5.41, 5.74) is 1.51. The predicted octanol–water partition coefficient (Wildman–Crippen LogP) is 2.75. The maximum Gasteiger partial charge on any atom is 0.00967 e. The molecule has 0 spiro atoms. The number of likely N-dealkylation sites (tertiary alicyclic amines) is 1. The molecule has 1 aromatic rings. The molecule has 2 saturated heterocycles. The van der Waals surface area contributed by atoms with Gasteiger partial charge in [0.2, 0.25) is 0 Å². The number of nitrogens with zero attached hydrogens (tertiary/aromatic N) is 1. The molecule has 1 unspecified atom stereocenters. The molecular formula is C15H24N2S. The summed E-state index contributed by atoms with van der Waals surface area (Å²) in [5, 5.41) is 8.15. The minimum Gasteiger partial charge on any atom is -0.314 e. The standard InChI is InChI=1S/C15H24N2S/c1-2-15(16-7-1)14-4-9-17(10-5-14)8-3-13-6-11-18-12-13/h6,11-12,14-16H,1-5,7-10H2. The zero-order chi connectivity index (χ0) is 12.2. The van der Waals surface area contributed by atoms with E-state index in [-0.39, 0.29) is 0 Å². The average Bonchev–Trinajstić information content (AvgIpc) is 3.10. The van der Waals surface area contributed by atoms with Gasteiger partial charge < -0.3 is 10.2 Å². The highest BCUT2D eigenvalue weighted by Gasteiger charge is 2.27. The van der Waals surface area contributed by atoms with Crippen LogP contribution >= 0.6 is 11.3 Å². The highest BCUT2D eigenvalue weighted by molar-refractivity contribution is 7.07. The molecule has 0 radical (unpaired) electrons. The molecule has 0 aliphatic carbocycles. The lowest BCUT2D eigenvalue weighted by Crippen LogP contribution is -2.41. The van der Waals surface area contributed by atoms with E-state index in [1.807, 2.05) is 11.3 Å². The molecule has 2 fully saturated rings. The third kappa shape index (κ3) is 3.14. The monoisotopic (exact) mass is 264 g/mol. The maximum absolute atomic E-state index is 3.68. The lowest BCUT2D eigenvalue weighted by atomic mass is 9.88. The van der Waals surface area contributed by atoms with Gasteiger partial charge >= 0.3 is 0 Å². The Morgan fingerprint density at radius 2 is 2.17 bits per heavy atom. The van der Waals surface area contributed by atoms with Gasteiger partial charge in [0.15, 0.2) is 0 Å². The highest BCUT2D eigenvalue weighted by atomic mass is 32.1. The summed E-state index contributed by atoms with van der Waals surface area (Å²) in [6.07, 6.45) is 6.85. The van der Waals surface area contributed by atoms with Crippen molar-refractivity contribution in [2.75, 3.05) is 26.2 Å². The third-order valence-corrected chi connectivity index (χ3v) is 5.33. The normalized spacial score (nSPS) is 26.8. The Bertz CT molecular complexity index is 335. The average molecular weight is 264 g/mol. The summed E-state index contributed by atoms with van der Waals surface area (Å²) in [7, 11) is 0. The summed E-state index contributed by atoms with van der Waals surface area (Å²) in [4.78, 5) is 2.66. The molecular weight excluding hydrogens is 240 g/mol. The van der Waals surface area contributed by atoms with Gasteiger partial charge in [0.05, 0.1) is 0 Å². The van der Waals surface area contributed by atoms with E-state index in [9.17, 15) is 0 Å². The summed E-state index contributed by atoms with van der Waals surface area (Å²) in [6.45, 7) is 5.13. The third-order valence-electron chi connectivity index (χ3n) is 4.60. The molecule has 3 heteroatoms. The van der Waals surface area contributed by atoms with Gasteiger partial charge in [-0.05, 0) is 80.0 Å². The molecule has 2 nitrogen and oxygen atoms in total. The molecule has 1 atom stereocenters. The van der Waals surface area contributed by atoms with E-state index in [1.165, 1.54) is 63.8 Å². The van der Waals surface area contributed by atoms with E-state index in [4.69, 9.17) is 0 Å². The fraction of sp³-hybridized carbons (Fsp3) is 0.733. The van der Waals surface area contributed by atoms with Crippen molar-refractivity contribution >= 4 is 11.3 Å². The Morgan fingerprint density at radius 3 is 2.83 bits per heavy atom. The Kier molecular flexibility index (Phi) is 4.34. The van der Waals surface area contributed by atoms with Crippen LogP contribution in [0, 0.1) is 5.92 Å². The first-order valence-electron chi connectivity index (χ1n) is 7.38. The number of nitrogens with one attached hydrogen (secondary N) is 1. The van der Waals surface area contributed by atoms with Crippen molar-refractivity contribution < 1.29 is 0 Å². The molecule has 100 valence electrons. The van der Waals surface area contributed by atoms with Crippen LogP contribution in [0.1, 0.15) is 31.2 Å². The van der Waals surface area contributed by atoms with Gasteiger partial charge in [-0.25, -0.2) is 0 Å². The number of hydrogen-bond donors (Lipinski definition) is 1. The Balaban J connectivity index is 1.39. The lowest BCUT2D eigenvalue weighted by Gasteiger charge is -2.34. The first kappa shape index (κ1) is 12.6. The van der Waals surface area contributed by atoms with Gasteiger partial charge in [0, 0.05) is 12.6 Å². The number of piperidine rings is 1. The molecule has 3 heterocycles. The van der Waals surface area contributed by atoms with E-state index in [0.717, 1.165) is 12.0 Å². The van der Waals surface area contributed by atoms with Crippen molar-refractivity contribution in [3.8, 4) is 0 Å².